The maximum Gasteiger partial charge on any atom is 0.235 e. The maximum absolute atomic E-state index is 12.5. The van der Waals surface area contributed by atoms with Crippen LogP contribution in [0.25, 0.3) is 10.9 Å². The van der Waals surface area contributed by atoms with E-state index in [9.17, 15) is 9.59 Å². The normalized spacial score (nSPS) is 21.0. The third kappa shape index (κ3) is 6.91. The Kier molecular flexibility index (Phi) is 9.35. The molecule has 0 bridgehead atoms. The number of hydrogen-bond donors (Lipinski definition) is 1. The predicted octanol–water partition coefficient (Wildman–Crippen LogP) is 4.47. The van der Waals surface area contributed by atoms with Crippen LogP contribution in [-0.4, -0.2) is 90.4 Å². The van der Waals surface area contributed by atoms with Crippen LogP contribution in [0.2, 0.25) is 0 Å². The molecule has 4 heterocycles. The molecule has 3 aromatic rings. The minimum Gasteiger partial charge on any atom is -0.493 e. The highest BCUT2D eigenvalue weighted by Gasteiger charge is 2.32. The number of piperidine rings is 2. The minimum atomic E-state index is -0.372. The second-order valence-corrected chi connectivity index (χ2v) is 13.2. The van der Waals surface area contributed by atoms with Gasteiger partial charge in [0.1, 0.15) is 5.75 Å². The number of hydrogen-bond acceptors (Lipinski definition) is 7. The fourth-order valence-corrected chi connectivity index (χ4v) is 7.19. The number of likely N-dealkylation sites (tertiary alicyclic amines) is 1. The van der Waals surface area contributed by atoms with Crippen molar-refractivity contribution >= 4 is 44.3 Å². The number of halogens is 1. The van der Waals surface area contributed by atoms with Crippen LogP contribution in [0.3, 0.4) is 0 Å². The molecule has 0 saturated carbocycles. The number of carbonyl (C=O) groups is 2. The van der Waals surface area contributed by atoms with Crippen molar-refractivity contribution in [1.82, 2.24) is 24.9 Å². The monoisotopic (exact) mass is 650 g/mol. The Hall–Kier alpha value is -2.95. The minimum absolute atomic E-state index is 0.196. The summed E-state index contributed by atoms with van der Waals surface area (Å²) in [4.78, 5) is 31.8. The standard InChI is InChI=1S/C33H43BrN6O3/c1-23-28(34)5-3-6-30(23)43-20-4-13-38-14-11-24(12-15-38)22-39-16-18-40(19-17-39)25-7-8-26-29(21-25)37(2)36-32(26)27-9-10-31(41)35-33(27)42/h3,5-8,21,24,27H,4,9-20,22H2,1-2H3,(H,35,41,42). The van der Waals surface area contributed by atoms with Gasteiger partial charge in [0, 0.05) is 73.8 Å². The molecule has 230 valence electrons. The van der Waals surface area contributed by atoms with Gasteiger partial charge in [0.15, 0.2) is 0 Å². The van der Waals surface area contributed by atoms with E-state index in [1.807, 2.05) is 23.9 Å². The van der Waals surface area contributed by atoms with Crippen molar-refractivity contribution in [3.8, 4) is 5.75 Å². The van der Waals surface area contributed by atoms with E-state index in [0.29, 0.717) is 12.8 Å². The summed E-state index contributed by atoms with van der Waals surface area (Å²) in [5.74, 6) is 0.949. The summed E-state index contributed by atoms with van der Waals surface area (Å²) < 4.78 is 9.01. The van der Waals surface area contributed by atoms with E-state index in [0.717, 1.165) is 78.5 Å². The molecule has 3 aliphatic rings. The molecule has 10 heteroatoms. The van der Waals surface area contributed by atoms with Crippen LogP contribution in [0, 0.1) is 12.8 Å². The fourth-order valence-electron chi connectivity index (χ4n) is 6.84. The molecule has 3 saturated heterocycles. The third-order valence-electron chi connectivity index (χ3n) is 9.49. The van der Waals surface area contributed by atoms with E-state index in [4.69, 9.17) is 9.84 Å². The van der Waals surface area contributed by atoms with Crippen LogP contribution in [0.1, 0.15) is 49.3 Å². The summed E-state index contributed by atoms with van der Waals surface area (Å²) in [6.45, 7) is 11.7. The number of rotatable bonds is 9. The quantitative estimate of drug-likeness (QED) is 0.270. The molecular weight excluding hydrogens is 608 g/mol. The van der Waals surface area contributed by atoms with Crippen molar-refractivity contribution < 1.29 is 14.3 Å². The van der Waals surface area contributed by atoms with Crippen molar-refractivity contribution in [2.75, 3.05) is 63.9 Å². The summed E-state index contributed by atoms with van der Waals surface area (Å²) in [6.07, 6.45) is 4.48. The molecule has 2 aromatic carbocycles. The number of amides is 2. The maximum atomic E-state index is 12.5. The van der Waals surface area contributed by atoms with Gasteiger partial charge in [-0.25, -0.2) is 0 Å². The second kappa shape index (κ2) is 13.4. The van der Waals surface area contributed by atoms with Crippen LogP contribution < -0.4 is 15.0 Å². The Labute approximate surface area is 262 Å². The van der Waals surface area contributed by atoms with E-state index >= 15 is 0 Å². The number of ether oxygens (including phenoxy) is 1. The highest BCUT2D eigenvalue weighted by atomic mass is 79.9. The topological polar surface area (TPSA) is 82.9 Å². The van der Waals surface area contributed by atoms with Crippen LogP contribution in [0.5, 0.6) is 5.75 Å². The highest BCUT2D eigenvalue weighted by molar-refractivity contribution is 9.10. The number of nitrogens with one attached hydrogen (secondary N) is 1. The molecule has 2 amide bonds. The van der Waals surface area contributed by atoms with Gasteiger partial charge < -0.3 is 14.5 Å². The molecule has 1 unspecified atom stereocenters. The Morgan fingerprint density at radius 3 is 2.56 bits per heavy atom. The lowest BCUT2D eigenvalue weighted by molar-refractivity contribution is -0.134. The first-order valence-electron chi connectivity index (χ1n) is 15.7. The number of aromatic nitrogens is 2. The summed E-state index contributed by atoms with van der Waals surface area (Å²) >= 11 is 3.58. The van der Waals surface area contributed by atoms with Gasteiger partial charge in [0.2, 0.25) is 11.8 Å². The number of imide groups is 1. The molecule has 6 rings (SSSR count). The number of fused-ring (bicyclic) bond motifs is 1. The molecular formula is C33H43BrN6O3. The predicted molar refractivity (Wildman–Crippen MR) is 173 cm³/mol. The highest BCUT2D eigenvalue weighted by Crippen LogP contribution is 2.33. The molecule has 1 atom stereocenters. The van der Waals surface area contributed by atoms with E-state index in [-0.39, 0.29) is 17.7 Å². The summed E-state index contributed by atoms with van der Waals surface area (Å²) in [5, 5.41) is 8.17. The number of anilines is 1. The Balaban J connectivity index is 0.936. The van der Waals surface area contributed by atoms with Crippen molar-refractivity contribution in [2.45, 2.75) is 44.9 Å². The second-order valence-electron chi connectivity index (χ2n) is 12.4. The van der Waals surface area contributed by atoms with E-state index in [1.165, 1.54) is 43.7 Å². The fraction of sp³-hybridized carbons (Fsp3) is 0.545. The van der Waals surface area contributed by atoms with E-state index < -0.39 is 0 Å². The first-order chi connectivity index (χ1) is 20.9. The van der Waals surface area contributed by atoms with Crippen LogP contribution in [0.15, 0.2) is 40.9 Å². The van der Waals surface area contributed by atoms with Gasteiger partial charge in [0.05, 0.1) is 23.7 Å². The van der Waals surface area contributed by atoms with Gasteiger partial charge in [-0.3, -0.25) is 24.5 Å². The van der Waals surface area contributed by atoms with Crippen LogP contribution >= 0.6 is 15.9 Å². The summed E-state index contributed by atoms with van der Waals surface area (Å²) in [5.41, 5.74) is 4.17. The molecule has 9 nitrogen and oxygen atoms in total. The lowest BCUT2D eigenvalue weighted by Gasteiger charge is -2.39. The number of nitrogens with zero attached hydrogens (tertiary/aromatic N) is 5. The zero-order chi connectivity index (χ0) is 29.9. The molecule has 1 N–H and O–H groups in total. The van der Waals surface area contributed by atoms with Gasteiger partial charge in [0.25, 0.3) is 0 Å². The van der Waals surface area contributed by atoms with Crippen LogP contribution in [0.4, 0.5) is 5.69 Å². The van der Waals surface area contributed by atoms with E-state index in [1.54, 1.807) is 0 Å². The van der Waals surface area contributed by atoms with Gasteiger partial charge in [-0.15, -0.1) is 0 Å². The molecule has 0 aliphatic carbocycles. The number of aryl methyl sites for hydroxylation is 1. The third-order valence-corrected chi connectivity index (χ3v) is 10.3. The summed E-state index contributed by atoms with van der Waals surface area (Å²) in [6, 6.07) is 12.6. The molecule has 1 aromatic heterocycles. The largest absolute Gasteiger partial charge is 0.493 e. The van der Waals surface area contributed by atoms with Crippen LogP contribution in [-0.2, 0) is 16.6 Å². The molecule has 3 fully saturated rings. The number of benzene rings is 2. The molecule has 43 heavy (non-hydrogen) atoms. The lowest BCUT2D eigenvalue weighted by atomic mass is 9.93. The van der Waals surface area contributed by atoms with Crippen molar-refractivity contribution in [2.24, 2.45) is 13.0 Å². The number of carbonyl (C=O) groups excluding carboxylic acids is 2. The molecule has 3 aliphatic heterocycles. The van der Waals surface area contributed by atoms with Gasteiger partial charge in [-0.2, -0.15) is 5.10 Å². The lowest BCUT2D eigenvalue weighted by Crippen LogP contribution is -2.49. The van der Waals surface area contributed by atoms with Gasteiger partial charge in [-0.1, -0.05) is 22.0 Å². The Bertz CT molecular complexity index is 1460. The smallest absolute Gasteiger partial charge is 0.235 e. The molecule has 0 radical (unpaired) electrons. The van der Waals surface area contributed by atoms with Crippen molar-refractivity contribution in [3.63, 3.8) is 0 Å². The Morgan fingerprint density at radius 2 is 1.79 bits per heavy atom. The zero-order valence-corrected chi connectivity index (χ0v) is 26.9. The average molecular weight is 652 g/mol. The SMILES string of the molecule is Cc1c(Br)cccc1OCCCN1CCC(CN2CCN(c3ccc4c(C5CCC(=O)NC5=O)nn(C)c4c3)CC2)CC1. The van der Waals surface area contributed by atoms with Gasteiger partial charge in [-0.05, 0) is 81.9 Å². The average Bonchev–Trinajstić information content (AvgIpc) is 3.33. The summed E-state index contributed by atoms with van der Waals surface area (Å²) in [7, 11) is 1.93. The van der Waals surface area contributed by atoms with Crippen molar-refractivity contribution in [1.29, 1.82) is 0 Å². The zero-order valence-electron chi connectivity index (χ0n) is 25.4. The number of piperazine rings is 1. The molecule has 0 spiro atoms. The first kappa shape index (κ1) is 30.1. The van der Waals surface area contributed by atoms with Crippen molar-refractivity contribution in [3.05, 3.63) is 52.1 Å². The van der Waals surface area contributed by atoms with Gasteiger partial charge >= 0.3 is 0 Å². The van der Waals surface area contributed by atoms with E-state index in [2.05, 4.69) is 67.1 Å². The Morgan fingerprint density at radius 1 is 1.00 bits per heavy atom. The first-order valence-corrected chi connectivity index (χ1v) is 16.5.